The molecule has 1 saturated carbocycles. The molecule has 2 aliphatic rings. The van der Waals surface area contributed by atoms with Crippen LogP contribution in [0.1, 0.15) is 56.6 Å². The van der Waals surface area contributed by atoms with Crippen molar-refractivity contribution in [1.29, 1.82) is 0 Å². The minimum absolute atomic E-state index is 0.0367. The first-order valence-electron chi connectivity index (χ1n) is 8.28. The molecular weight excluding hydrogens is 262 g/mol. The van der Waals surface area contributed by atoms with E-state index in [1.165, 1.54) is 38.5 Å². The molecule has 1 N–H and O–H groups in total. The number of hydrogen-bond donors (Lipinski definition) is 1. The molecule has 0 radical (unpaired) electrons. The van der Waals surface area contributed by atoms with Crippen LogP contribution in [0.4, 0.5) is 0 Å². The molecule has 1 aromatic rings. The van der Waals surface area contributed by atoms with Crippen molar-refractivity contribution in [2.24, 2.45) is 5.92 Å². The van der Waals surface area contributed by atoms with Gasteiger partial charge in [-0.2, -0.15) is 0 Å². The molecule has 1 aromatic carbocycles. The summed E-state index contributed by atoms with van der Waals surface area (Å²) in [6.45, 7) is 1.05. The summed E-state index contributed by atoms with van der Waals surface area (Å²) in [7, 11) is 0. The largest absolute Gasteiger partial charge is 0.481 e. The van der Waals surface area contributed by atoms with Crippen LogP contribution in [0.3, 0.4) is 0 Å². The van der Waals surface area contributed by atoms with Crippen LogP contribution in [0.5, 0.6) is 0 Å². The maximum atomic E-state index is 11.4. The van der Waals surface area contributed by atoms with Crippen LogP contribution in [-0.4, -0.2) is 28.6 Å². The SMILES string of the molecule is O=C(O)CC(c1ccccc1)N1CCCC2CCCCC21. The average molecular weight is 287 g/mol. The second kappa shape index (κ2) is 6.61. The van der Waals surface area contributed by atoms with Crippen LogP contribution in [0.25, 0.3) is 0 Å². The van der Waals surface area contributed by atoms with Crippen molar-refractivity contribution < 1.29 is 9.90 Å². The molecule has 0 bridgehead atoms. The summed E-state index contributed by atoms with van der Waals surface area (Å²) in [5, 5.41) is 9.35. The number of nitrogens with zero attached hydrogens (tertiary/aromatic N) is 1. The first kappa shape index (κ1) is 14.6. The highest BCUT2D eigenvalue weighted by Gasteiger charge is 2.37. The van der Waals surface area contributed by atoms with Crippen molar-refractivity contribution in [3.63, 3.8) is 0 Å². The van der Waals surface area contributed by atoms with Gasteiger partial charge in [-0.25, -0.2) is 0 Å². The summed E-state index contributed by atoms with van der Waals surface area (Å²) in [6.07, 6.45) is 7.98. The number of rotatable bonds is 4. The van der Waals surface area contributed by atoms with Crippen molar-refractivity contribution >= 4 is 5.97 Å². The molecule has 0 aromatic heterocycles. The van der Waals surface area contributed by atoms with E-state index in [0.717, 1.165) is 18.0 Å². The zero-order valence-electron chi connectivity index (χ0n) is 12.6. The molecule has 2 fully saturated rings. The molecule has 114 valence electrons. The lowest BCUT2D eigenvalue weighted by molar-refractivity contribution is -0.139. The van der Waals surface area contributed by atoms with Gasteiger partial charge < -0.3 is 5.11 Å². The summed E-state index contributed by atoms with van der Waals surface area (Å²) in [5.74, 6) is 0.0919. The smallest absolute Gasteiger partial charge is 0.305 e. The van der Waals surface area contributed by atoms with E-state index in [1.54, 1.807) is 0 Å². The van der Waals surface area contributed by atoms with Gasteiger partial charge in [-0.1, -0.05) is 43.2 Å². The van der Waals surface area contributed by atoms with Gasteiger partial charge in [0.15, 0.2) is 0 Å². The van der Waals surface area contributed by atoms with Crippen molar-refractivity contribution in [1.82, 2.24) is 4.90 Å². The van der Waals surface area contributed by atoms with E-state index in [1.807, 2.05) is 18.2 Å². The molecule has 1 aliphatic heterocycles. The number of carbonyl (C=O) groups is 1. The van der Waals surface area contributed by atoms with E-state index >= 15 is 0 Å². The van der Waals surface area contributed by atoms with Gasteiger partial charge in [0.2, 0.25) is 0 Å². The average Bonchev–Trinajstić information content (AvgIpc) is 2.53. The summed E-state index contributed by atoms with van der Waals surface area (Å²) in [4.78, 5) is 13.9. The molecule has 3 heteroatoms. The van der Waals surface area contributed by atoms with Crippen LogP contribution in [-0.2, 0) is 4.79 Å². The Labute approximate surface area is 127 Å². The Morgan fingerprint density at radius 2 is 1.86 bits per heavy atom. The third kappa shape index (κ3) is 3.29. The molecule has 3 rings (SSSR count). The lowest BCUT2D eigenvalue weighted by atomic mass is 9.77. The zero-order chi connectivity index (χ0) is 14.7. The van der Waals surface area contributed by atoms with Crippen LogP contribution in [0.15, 0.2) is 30.3 Å². The minimum Gasteiger partial charge on any atom is -0.481 e. The molecule has 1 heterocycles. The highest BCUT2D eigenvalue weighted by atomic mass is 16.4. The number of likely N-dealkylation sites (tertiary alicyclic amines) is 1. The van der Waals surface area contributed by atoms with Gasteiger partial charge in [-0.05, 0) is 43.7 Å². The van der Waals surface area contributed by atoms with E-state index in [2.05, 4.69) is 17.0 Å². The molecule has 3 unspecified atom stereocenters. The standard InChI is InChI=1S/C18H25NO2/c20-18(21)13-17(15-7-2-1-3-8-15)19-12-6-10-14-9-4-5-11-16(14)19/h1-3,7-8,14,16-17H,4-6,9-13H2,(H,20,21). The summed E-state index contributed by atoms with van der Waals surface area (Å²) in [5.41, 5.74) is 1.16. The molecule has 0 amide bonds. The van der Waals surface area contributed by atoms with Crippen molar-refractivity contribution in [3.8, 4) is 0 Å². The third-order valence-corrected chi connectivity index (χ3v) is 5.24. The predicted molar refractivity (Wildman–Crippen MR) is 83.1 cm³/mol. The highest BCUT2D eigenvalue weighted by Crippen LogP contribution is 2.40. The fourth-order valence-electron chi connectivity index (χ4n) is 4.32. The van der Waals surface area contributed by atoms with Crippen LogP contribution in [0, 0.1) is 5.92 Å². The van der Waals surface area contributed by atoms with E-state index < -0.39 is 5.97 Å². The van der Waals surface area contributed by atoms with Gasteiger partial charge in [-0.15, -0.1) is 0 Å². The Morgan fingerprint density at radius 1 is 1.14 bits per heavy atom. The van der Waals surface area contributed by atoms with E-state index in [9.17, 15) is 9.90 Å². The van der Waals surface area contributed by atoms with Crippen molar-refractivity contribution in [2.45, 2.75) is 57.0 Å². The van der Waals surface area contributed by atoms with Gasteiger partial charge in [0, 0.05) is 12.1 Å². The lowest BCUT2D eigenvalue weighted by Gasteiger charge is -2.47. The zero-order valence-corrected chi connectivity index (χ0v) is 12.6. The first-order valence-corrected chi connectivity index (χ1v) is 8.28. The molecule has 21 heavy (non-hydrogen) atoms. The molecule has 1 aliphatic carbocycles. The van der Waals surface area contributed by atoms with E-state index in [0.29, 0.717) is 6.04 Å². The number of carboxylic acids is 1. The molecule has 3 nitrogen and oxygen atoms in total. The second-order valence-corrected chi connectivity index (χ2v) is 6.52. The number of aliphatic carboxylic acids is 1. The van der Waals surface area contributed by atoms with Gasteiger partial charge in [0.05, 0.1) is 6.42 Å². The topological polar surface area (TPSA) is 40.5 Å². The first-order chi connectivity index (χ1) is 10.3. The van der Waals surface area contributed by atoms with Crippen LogP contribution < -0.4 is 0 Å². The Hall–Kier alpha value is -1.35. The minimum atomic E-state index is -0.693. The van der Waals surface area contributed by atoms with Gasteiger partial charge in [0.1, 0.15) is 0 Å². The summed E-state index contributed by atoms with van der Waals surface area (Å²) >= 11 is 0. The maximum absolute atomic E-state index is 11.4. The monoisotopic (exact) mass is 287 g/mol. The number of benzene rings is 1. The normalized spacial score (nSPS) is 27.8. The Bertz CT molecular complexity index is 471. The fourth-order valence-corrected chi connectivity index (χ4v) is 4.32. The van der Waals surface area contributed by atoms with E-state index in [4.69, 9.17) is 0 Å². The fraction of sp³-hybridized carbons (Fsp3) is 0.611. The number of fused-ring (bicyclic) bond motifs is 1. The second-order valence-electron chi connectivity index (χ2n) is 6.52. The van der Waals surface area contributed by atoms with E-state index in [-0.39, 0.29) is 12.5 Å². The maximum Gasteiger partial charge on any atom is 0.305 e. The molecule has 3 atom stereocenters. The summed E-state index contributed by atoms with van der Waals surface area (Å²) < 4.78 is 0. The molecular formula is C18H25NO2. The number of piperidine rings is 1. The van der Waals surface area contributed by atoms with Gasteiger partial charge in [-0.3, -0.25) is 9.69 Å². The van der Waals surface area contributed by atoms with Crippen LogP contribution >= 0.6 is 0 Å². The van der Waals surface area contributed by atoms with Crippen molar-refractivity contribution in [3.05, 3.63) is 35.9 Å². The van der Waals surface area contributed by atoms with Crippen molar-refractivity contribution in [2.75, 3.05) is 6.54 Å². The molecule has 0 spiro atoms. The Kier molecular flexibility index (Phi) is 4.59. The van der Waals surface area contributed by atoms with Gasteiger partial charge >= 0.3 is 5.97 Å². The van der Waals surface area contributed by atoms with Gasteiger partial charge in [0.25, 0.3) is 0 Å². The summed E-state index contributed by atoms with van der Waals surface area (Å²) in [6, 6.07) is 10.8. The predicted octanol–water partition coefficient (Wildman–Crippen LogP) is 3.86. The lowest BCUT2D eigenvalue weighted by Crippen LogP contribution is -2.48. The number of hydrogen-bond acceptors (Lipinski definition) is 2. The Morgan fingerprint density at radius 3 is 2.62 bits per heavy atom. The highest BCUT2D eigenvalue weighted by molar-refractivity contribution is 5.68. The third-order valence-electron chi connectivity index (χ3n) is 5.24. The quantitative estimate of drug-likeness (QED) is 0.914. The Balaban J connectivity index is 1.86. The molecule has 1 saturated heterocycles. The van der Waals surface area contributed by atoms with Crippen LogP contribution in [0.2, 0.25) is 0 Å². The number of carboxylic acid groups (broad SMARTS) is 1.